The van der Waals surface area contributed by atoms with Gasteiger partial charge in [-0.25, -0.2) is 0 Å². The summed E-state index contributed by atoms with van der Waals surface area (Å²) in [6.45, 7) is 4.73. The smallest absolute Gasteiger partial charge is 0.0438 e. The molecular formula is C16H25ClN2. The number of hydrogen-bond donors (Lipinski definition) is 2. The van der Waals surface area contributed by atoms with Gasteiger partial charge in [-0.2, -0.15) is 0 Å². The number of hydrogen-bond acceptors (Lipinski definition) is 2. The molecule has 1 aromatic rings. The molecule has 1 aromatic carbocycles. The highest BCUT2D eigenvalue weighted by atomic mass is 35.5. The van der Waals surface area contributed by atoms with Crippen molar-refractivity contribution in [3.63, 3.8) is 0 Å². The van der Waals surface area contributed by atoms with Crippen LogP contribution >= 0.6 is 11.6 Å². The highest BCUT2D eigenvalue weighted by Gasteiger charge is 2.31. The van der Waals surface area contributed by atoms with Crippen LogP contribution in [0.4, 0.5) is 0 Å². The summed E-state index contributed by atoms with van der Waals surface area (Å²) in [6, 6.07) is 8.39. The van der Waals surface area contributed by atoms with E-state index in [0.717, 1.165) is 11.4 Å². The molecule has 2 rings (SSSR count). The third-order valence-corrected chi connectivity index (χ3v) is 4.93. The molecule has 0 radical (unpaired) electrons. The van der Waals surface area contributed by atoms with Crippen LogP contribution in [0, 0.1) is 11.3 Å². The maximum atomic E-state index is 6.24. The van der Waals surface area contributed by atoms with Gasteiger partial charge >= 0.3 is 0 Å². The predicted octanol–water partition coefficient (Wildman–Crippen LogP) is 3.93. The molecule has 0 spiro atoms. The minimum Gasteiger partial charge on any atom is -0.271 e. The first-order valence-electron chi connectivity index (χ1n) is 7.21. The number of rotatable bonds is 4. The van der Waals surface area contributed by atoms with Crippen LogP contribution in [-0.4, -0.2) is 6.04 Å². The Morgan fingerprint density at radius 3 is 2.53 bits per heavy atom. The molecule has 1 atom stereocenters. The number of hydrazine groups is 1. The summed E-state index contributed by atoms with van der Waals surface area (Å²) in [7, 11) is 0. The summed E-state index contributed by atoms with van der Waals surface area (Å²) in [4.78, 5) is 0. The van der Waals surface area contributed by atoms with E-state index in [2.05, 4.69) is 25.3 Å². The standard InChI is InChI=1S/C16H25ClN2/c1-16(2)9-7-12(8-10-16)15(19-18)11-13-5-3-4-6-14(13)17/h3-6,12,15,19H,7-11,18H2,1-2H3. The molecule has 0 aromatic heterocycles. The van der Waals surface area contributed by atoms with Gasteiger partial charge in [-0.05, 0) is 55.1 Å². The molecule has 19 heavy (non-hydrogen) atoms. The van der Waals surface area contributed by atoms with E-state index in [1.807, 2.05) is 18.2 Å². The van der Waals surface area contributed by atoms with Gasteiger partial charge in [0.15, 0.2) is 0 Å². The van der Waals surface area contributed by atoms with Gasteiger partial charge in [-0.1, -0.05) is 43.6 Å². The Kier molecular flexibility index (Phi) is 4.88. The lowest BCUT2D eigenvalue weighted by atomic mass is 9.70. The van der Waals surface area contributed by atoms with Crippen LogP contribution in [0.3, 0.4) is 0 Å². The van der Waals surface area contributed by atoms with Crippen molar-refractivity contribution in [2.45, 2.75) is 52.0 Å². The van der Waals surface area contributed by atoms with Gasteiger partial charge in [0.1, 0.15) is 0 Å². The lowest BCUT2D eigenvalue weighted by Gasteiger charge is -2.38. The van der Waals surface area contributed by atoms with Crippen LogP contribution in [0.25, 0.3) is 0 Å². The van der Waals surface area contributed by atoms with Crippen molar-refractivity contribution in [1.29, 1.82) is 0 Å². The van der Waals surface area contributed by atoms with Gasteiger partial charge in [0.25, 0.3) is 0 Å². The number of halogens is 1. The average Bonchev–Trinajstić information content (AvgIpc) is 2.38. The first kappa shape index (κ1) is 14.8. The van der Waals surface area contributed by atoms with Crippen molar-refractivity contribution < 1.29 is 0 Å². The van der Waals surface area contributed by atoms with Crippen LogP contribution in [0.5, 0.6) is 0 Å². The predicted molar refractivity (Wildman–Crippen MR) is 82.0 cm³/mol. The van der Waals surface area contributed by atoms with Gasteiger partial charge in [0, 0.05) is 11.1 Å². The zero-order valence-corrected chi connectivity index (χ0v) is 12.7. The van der Waals surface area contributed by atoms with Gasteiger partial charge in [-0.3, -0.25) is 11.3 Å². The molecule has 1 fully saturated rings. The highest BCUT2D eigenvalue weighted by molar-refractivity contribution is 6.31. The third kappa shape index (κ3) is 3.95. The molecule has 2 nitrogen and oxygen atoms in total. The van der Waals surface area contributed by atoms with Crippen LogP contribution in [0.15, 0.2) is 24.3 Å². The van der Waals surface area contributed by atoms with E-state index in [-0.39, 0.29) is 0 Å². The topological polar surface area (TPSA) is 38.0 Å². The van der Waals surface area contributed by atoms with Crippen LogP contribution in [0.1, 0.15) is 45.1 Å². The molecule has 0 aliphatic heterocycles. The maximum Gasteiger partial charge on any atom is 0.0438 e. The fraction of sp³-hybridized carbons (Fsp3) is 0.625. The van der Waals surface area contributed by atoms with Gasteiger partial charge in [0.05, 0.1) is 0 Å². The minimum absolute atomic E-state index is 0.330. The Balaban J connectivity index is 1.99. The summed E-state index contributed by atoms with van der Waals surface area (Å²) < 4.78 is 0. The average molecular weight is 281 g/mol. The molecule has 0 heterocycles. The fourth-order valence-electron chi connectivity index (χ4n) is 3.09. The summed E-state index contributed by atoms with van der Waals surface area (Å²) in [5.74, 6) is 6.44. The van der Waals surface area contributed by atoms with E-state index < -0.39 is 0 Å². The Morgan fingerprint density at radius 2 is 1.95 bits per heavy atom. The van der Waals surface area contributed by atoms with E-state index in [0.29, 0.717) is 17.4 Å². The van der Waals surface area contributed by atoms with Crippen LogP contribution in [-0.2, 0) is 6.42 Å². The molecule has 1 saturated carbocycles. The third-order valence-electron chi connectivity index (χ3n) is 4.56. The lowest BCUT2D eigenvalue weighted by molar-refractivity contribution is 0.161. The Labute approximate surface area is 121 Å². The van der Waals surface area contributed by atoms with Crippen LogP contribution in [0.2, 0.25) is 5.02 Å². The quantitative estimate of drug-likeness (QED) is 0.648. The summed E-state index contributed by atoms with van der Waals surface area (Å²) in [5, 5.41) is 0.846. The number of nitrogens with two attached hydrogens (primary N) is 1. The van der Waals surface area contributed by atoms with E-state index in [1.165, 1.54) is 31.2 Å². The number of benzene rings is 1. The van der Waals surface area contributed by atoms with Crippen molar-refractivity contribution in [2.75, 3.05) is 0 Å². The van der Waals surface area contributed by atoms with E-state index in [4.69, 9.17) is 17.4 Å². The summed E-state index contributed by atoms with van der Waals surface area (Å²) in [5.41, 5.74) is 4.71. The zero-order valence-electron chi connectivity index (χ0n) is 12.0. The van der Waals surface area contributed by atoms with Crippen molar-refractivity contribution in [2.24, 2.45) is 17.2 Å². The van der Waals surface area contributed by atoms with E-state index >= 15 is 0 Å². The second-order valence-corrected chi connectivity index (χ2v) is 6.98. The van der Waals surface area contributed by atoms with Crippen molar-refractivity contribution >= 4 is 11.6 Å². The molecule has 3 N–H and O–H groups in total. The molecule has 106 valence electrons. The van der Waals surface area contributed by atoms with Crippen molar-refractivity contribution in [3.8, 4) is 0 Å². The summed E-state index contributed by atoms with van der Waals surface area (Å²) >= 11 is 6.24. The maximum absolute atomic E-state index is 6.24. The molecule has 1 aliphatic rings. The lowest BCUT2D eigenvalue weighted by Crippen LogP contribution is -2.44. The first-order chi connectivity index (χ1) is 9.02. The van der Waals surface area contributed by atoms with Gasteiger partial charge in [0.2, 0.25) is 0 Å². The monoisotopic (exact) mass is 280 g/mol. The fourth-order valence-corrected chi connectivity index (χ4v) is 3.30. The second kappa shape index (κ2) is 6.25. The molecule has 0 saturated heterocycles. The normalized spacial score (nSPS) is 21.3. The van der Waals surface area contributed by atoms with Crippen LogP contribution < -0.4 is 11.3 Å². The van der Waals surface area contributed by atoms with E-state index in [9.17, 15) is 0 Å². The molecule has 1 unspecified atom stereocenters. The molecule has 1 aliphatic carbocycles. The molecule has 0 bridgehead atoms. The SMILES string of the molecule is CC1(C)CCC(C(Cc2ccccc2Cl)NN)CC1. The Hall–Kier alpha value is -0.570. The minimum atomic E-state index is 0.330. The van der Waals surface area contributed by atoms with Gasteiger partial charge in [-0.15, -0.1) is 0 Å². The molecule has 3 heteroatoms. The Bertz CT molecular complexity index is 407. The van der Waals surface area contributed by atoms with Crippen molar-refractivity contribution in [3.05, 3.63) is 34.9 Å². The van der Waals surface area contributed by atoms with Gasteiger partial charge < -0.3 is 0 Å². The molecular weight excluding hydrogens is 256 g/mol. The second-order valence-electron chi connectivity index (χ2n) is 6.57. The number of nitrogens with one attached hydrogen (secondary N) is 1. The highest BCUT2D eigenvalue weighted by Crippen LogP contribution is 2.39. The zero-order chi connectivity index (χ0) is 13.9. The van der Waals surface area contributed by atoms with Crippen molar-refractivity contribution in [1.82, 2.24) is 5.43 Å². The largest absolute Gasteiger partial charge is 0.271 e. The summed E-state index contributed by atoms with van der Waals surface area (Å²) in [6.07, 6.45) is 6.01. The molecule has 0 amide bonds. The first-order valence-corrected chi connectivity index (χ1v) is 7.59. The Morgan fingerprint density at radius 1 is 1.32 bits per heavy atom. The van der Waals surface area contributed by atoms with E-state index in [1.54, 1.807) is 0 Å².